The molecule has 0 spiro atoms. The van der Waals surface area contributed by atoms with E-state index in [1.165, 1.54) is 0 Å². The lowest BCUT2D eigenvalue weighted by molar-refractivity contribution is 0.279. The Morgan fingerprint density at radius 2 is 2.00 bits per heavy atom. The van der Waals surface area contributed by atoms with Crippen LogP contribution in [0.1, 0.15) is 0 Å². The summed E-state index contributed by atoms with van der Waals surface area (Å²) < 4.78 is 19.8. The van der Waals surface area contributed by atoms with Crippen molar-refractivity contribution >= 4 is 7.60 Å². The quantitative estimate of drug-likeness (QED) is 0.525. The Morgan fingerprint density at radius 3 is 2.25 bits per heavy atom. The second-order valence-electron chi connectivity index (χ2n) is 1.42. The lowest BCUT2D eigenvalue weighted by atomic mass is 10.8. The third-order valence-corrected chi connectivity index (χ3v) is 2.33. The van der Waals surface area contributed by atoms with Crippen LogP contribution in [0, 0.1) is 0 Å². The Hall–Kier alpha value is 0.110. The Bertz CT molecular complexity index is 112. The maximum absolute atomic E-state index is 10.7. The molecule has 1 aliphatic rings. The lowest BCUT2D eigenvalue weighted by Crippen LogP contribution is -1.85. The minimum Gasteiger partial charge on any atom is -0.384 e. The zero-order valence-corrected chi connectivity index (χ0v) is 5.13. The van der Waals surface area contributed by atoms with E-state index in [1.807, 2.05) is 0 Å². The fourth-order valence-electron chi connectivity index (χ4n) is 0.472. The molecule has 0 unspecified atom stereocenters. The topological polar surface area (TPSA) is 55.8 Å². The first-order valence-electron chi connectivity index (χ1n) is 2.26. The third-order valence-electron chi connectivity index (χ3n) is 0.833. The maximum Gasteiger partial charge on any atom is 0.355 e. The van der Waals surface area contributed by atoms with Gasteiger partial charge in [0.25, 0.3) is 0 Å². The molecule has 0 atom stereocenters. The van der Waals surface area contributed by atoms with E-state index in [0.29, 0.717) is 13.2 Å². The van der Waals surface area contributed by atoms with Gasteiger partial charge >= 0.3 is 7.60 Å². The van der Waals surface area contributed by atoms with E-state index in [9.17, 15) is 4.57 Å². The van der Waals surface area contributed by atoms with Gasteiger partial charge in [-0.2, -0.15) is 0 Å². The van der Waals surface area contributed by atoms with Gasteiger partial charge in [0, 0.05) is 0 Å². The maximum atomic E-state index is 10.7. The van der Waals surface area contributed by atoms with Gasteiger partial charge < -0.3 is 14.2 Å². The molecule has 1 N–H and O–H groups in total. The summed E-state index contributed by atoms with van der Waals surface area (Å²) >= 11 is 0. The van der Waals surface area contributed by atoms with Crippen LogP contribution in [0.3, 0.4) is 0 Å². The van der Waals surface area contributed by atoms with Gasteiger partial charge in [-0.1, -0.05) is 0 Å². The molecule has 0 aromatic carbocycles. The molecule has 1 rings (SSSR count). The molecule has 1 saturated heterocycles. The van der Waals surface area contributed by atoms with Crippen LogP contribution in [0.4, 0.5) is 0 Å². The van der Waals surface area contributed by atoms with Crippen LogP contribution < -0.4 is 0 Å². The van der Waals surface area contributed by atoms with E-state index < -0.39 is 13.9 Å². The fourth-order valence-corrected chi connectivity index (χ4v) is 1.41. The van der Waals surface area contributed by atoms with E-state index in [-0.39, 0.29) is 0 Å². The van der Waals surface area contributed by atoms with Gasteiger partial charge in [0.15, 0.2) is 0 Å². The first-order valence-corrected chi connectivity index (χ1v) is 3.99. The van der Waals surface area contributed by atoms with Gasteiger partial charge in [-0.3, -0.25) is 4.57 Å². The molecule has 1 fully saturated rings. The van der Waals surface area contributed by atoms with E-state index in [4.69, 9.17) is 5.11 Å². The molecule has 0 aromatic heterocycles. The molecular weight excluding hydrogens is 131 g/mol. The van der Waals surface area contributed by atoms with Gasteiger partial charge in [-0.05, 0) is 0 Å². The largest absolute Gasteiger partial charge is 0.384 e. The zero-order chi connectivity index (χ0) is 6.04. The molecular formula is C3H7O4P. The molecule has 0 radical (unpaired) electrons. The van der Waals surface area contributed by atoms with Gasteiger partial charge in [0.2, 0.25) is 0 Å². The number of aliphatic hydroxyl groups excluding tert-OH is 1. The van der Waals surface area contributed by atoms with Crippen molar-refractivity contribution in [3.63, 3.8) is 0 Å². The Labute approximate surface area is 46.9 Å². The van der Waals surface area contributed by atoms with Crippen LogP contribution in [-0.4, -0.2) is 24.7 Å². The van der Waals surface area contributed by atoms with Gasteiger partial charge in [0.1, 0.15) is 6.35 Å². The molecule has 8 heavy (non-hydrogen) atoms. The van der Waals surface area contributed by atoms with Crippen molar-refractivity contribution in [2.45, 2.75) is 0 Å². The molecule has 1 heterocycles. The summed E-state index contributed by atoms with van der Waals surface area (Å²) in [5.74, 6) is 0. The summed E-state index contributed by atoms with van der Waals surface area (Å²) in [6.07, 6.45) is -0.507. The van der Waals surface area contributed by atoms with E-state index in [2.05, 4.69) is 9.05 Å². The summed E-state index contributed by atoms with van der Waals surface area (Å²) in [6.45, 7) is 0.662. The predicted molar refractivity (Wildman–Crippen MR) is 26.6 cm³/mol. The molecule has 48 valence electrons. The number of rotatable bonds is 1. The Morgan fingerprint density at radius 1 is 1.50 bits per heavy atom. The summed E-state index contributed by atoms with van der Waals surface area (Å²) in [6, 6.07) is 0. The molecule has 4 nitrogen and oxygen atoms in total. The highest BCUT2D eigenvalue weighted by Crippen LogP contribution is 2.50. The number of hydrogen-bond donors (Lipinski definition) is 1. The van der Waals surface area contributed by atoms with Gasteiger partial charge in [0.05, 0.1) is 13.2 Å². The summed E-state index contributed by atoms with van der Waals surface area (Å²) in [4.78, 5) is 0. The molecule has 1 aliphatic heterocycles. The molecule has 0 aliphatic carbocycles. The monoisotopic (exact) mass is 138 g/mol. The second-order valence-corrected chi connectivity index (χ2v) is 3.44. The predicted octanol–water partition coefficient (Wildman–Crippen LogP) is 0.176. The SMILES string of the molecule is O=P1(CO)OCCO1. The van der Waals surface area contributed by atoms with Crippen molar-refractivity contribution < 1.29 is 18.7 Å². The van der Waals surface area contributed by atoms with E-state index >= 15 is 0 Å². The lowest BCUT2D eigenvalue weighted by Gasteiger charge is -2.01. The summed E-state index contributed by atoms with van der Waals surface area (Å²) in [5.41, 5.74) is 0. The third kappa shape index (κ3) is 1.09. The fraction of sp³-hybridized carbons (Fsp3) is 1.00. The van der Waals surface area contributed by atoms with Crippen LogP contribution in [0.5, 0.6) is 0 Å². The Kier molecular flexibility index (Phi) is 1.68. The average molecular weight is 138 g/mol. The standard InChI is InChI=1S/C3H7O4P/c4-3-8(5)6-1-2-7-8/h4H,1-3H2. The van der Waals surface area contributed by atoms with Crippen LogP contribution in [-0.2, 0) is 13.6 Å². The smallest absolute Gasteiger partial charge is 0.355 e. The van der Waals surface area contributed by atoms with E-state index in [0.717, 1.165) is 0 Å². The molecule has 0 saturated carbocycles. The molecule has 0 bridgehead atoms. The van der Waals surface area contributed by atoms with Crippen LogP contribution >= 0.6 is 7.60 Å². The summed E-state index contributed by atoms with van der Waals surface area (Å²) in [5, 5.41) is 8.31. The molecule has 0 aromatic rings. The highest BCUT2D eigenvalue weighted by atomic mass is 31.2. The highest BCUT2D eigenvalue weighted by molar-refractivity contribution is 7.53. The van der Waals surface area contributed by atoms with Crippen molar-refractivity contribution in [3.05, 3.63) is 0 Å². The first kappa shape index (κ1) is 6.23. The van der Waals surface area contributed by atoms with Crippen molar-refractivity contribution in [2.75, 3.05) is 19.6 Å². The van der Waals surface area contributed by atoms with E-state index in [1.54, 1.807) is 0 Å². The molecule has 5 heteroatoms. The van der Waals surface area contributed by atoms with Crippen molar-refractivity contribution in [3.8, 4) is 0 Å². The highest BCUT2D eigenvalue weighted by Gasteiger charge is 2.28. The van der Waals surface area contributed by atoms with Crippen LogP contribution in [0.15, 0.2) is 0 Å². The van der Waals surface area contributed by atoms with Crippen molar-refractivity contribution in [2.24, 2.45) is 0 Å². The number of hydrogen-bond acceptors (Lipinski definition) is 4. The van der Waals surface area contributed by atoms with Crippen molar-refractivity contribution in [1.29, 1.82) is 0 Å². The van der Waals surface area contributed by atoms with Crippen LogP contribution in [0.2, 0.25) is 0 Å². The summed E-state index contributed by atoms with van der Waals surface area (Å²) in [7, 11) is -3.00. The van der Waals surface area contributed by atoms with Gasteiger partial charge in [-0.15, -0.1) is 0 Å². The number of aliphatic hydroxyl groups is 1. The van der Waals surface area contributed by atoms with Crippen LogP contribution in [0.25, 0.3) is 0 Å². The van der Waals surface area contributed by atoms with Gasteiger partial charge in [-0.25, -0.2) is 0 Å². The molecule has 0 amide bonds. The van der Waals surface area contributed by atoms with Crippen molar-refractivity contribution in [1.82, 2.24) is 0 Å². The zero-order valence-electron chi connectivity index (χ0n) is 4.24. The minimum absolute atomic E-state index is 0.331. The normalized spacial score (nSPS) is 26.1. The average Bonchev–Trinajstić information content (AvgIpc) is 2.17. The Balaban J connectivity index is 2.53. The second kappa shape index (κ2) is 2.15. The first-order chi connectivity index (χ1) is 3.77. The minimum atomic E-state index is -3.00.